The van der Waals surface area contributed by atoms with Crippen LogP contribution >= 0.6 is 0 Å². The Morgan fingerprint density at radius 3 is 2.95 bits per heavy atom. The second-order valence-electron chi connectivity index (χ2n) is 5.25. The number of carbonyl (C=O) groups excluding carboxylic acids is 1. The van der Waals surface area contributed by atoms with Crippen LogP contribution in [0.15, 0.2) is 18.2 Å². The van der Waals surface area contributed by atoms with Crippen LogP contribution in [-0.2, 0) is 22.5 Å². The SMILES string of the molecule is COC(=O)C(NCc1cccc2c1NCC2)C(C)C. The zero-order valence-corrected chi connectivity index (χ0v) is 11.8. The first-order valence-corrected chi connectivity index (χ1v) is 6.79. The van der Waals surface area contributed by atoms with Gasteiger partial charge in [0.25, 0.3) is 0 Å². The molecule has 0 bridgehead atoms. The van der Waals surface area contributed by atoms with Crippen LogP contribution in [0.2, 0.25) is 0 Å². The number of esters is 1. The third-order valence-corrected chi connectivity index (χ3v) is 3.57. The minimum atomic E-state index is -0.262. The van der Waals surface area contributed by atoms with E-state index in [0.29, 0.717) is 6.54 Å². The largest absolute Gasteiger partial charge is 0.468 e. The zero-order valence-electron chi connectivity index (χ0n) is 11.8. The smallest absolute Gasteiger partial charge is 0.323 e. The molecule has 4 heteroatoms. The summed E-state index contributed by atoms with van der Waals surface area (Å²) in [5.74, 6) is 0.00713. The van der Waals surface area contributed by atoms with Crippen LogP contribution in [0.1, 0.15) is 25.0 Å². The van der Waals surface area contributed by atoms with Crippen molar-refractivity contribution in [3.05, 3.63) is 29.3 Å². The summed E-state index contributed by atoms with van der Waals surface area (Å²) in [5.41, 5.74) is 3.80. The van der Waals surface area contributed by atoms with Gasteiger partial charge in [0.05, 0.1) is 7.11 Å². The summed E-state index contributed by atoms with van der Waals surface area (Å²) in [6.45, 7) is 5.70. The lowest BCUT2D eigenvalue weighted by atomic mass is 10.0. The first-order valence-electron chi connectivity index (χ1n) is 6.79. The molecule has 19 heavy (non-hydrogen) atoms. The summed E-state index contributed by atoms with van der Waals surface area (Å²) in [4.78, 5) is 11.7. The second-order valence-corrected chi connectivity index (χ2v) is 5.25. The van der Waals surface area contributed by atoms with Crippen molar-refractivity contribution in [1.82, 2.24) is 5.32 Å². The Balaban J connectivity index is 2.05. The van der Waals surface area contributed by atoms with Crippen molar-refractivity contribution in [3.8, 4) is 0 Å². The molecule has 0 saturated carbocycles. The fraction of sp³-hybridized carbons (Fsp3) is 0.533. The van der Waals surface area contributed by atoms with Gasteiger partial charge in [-0.15, -0.1) is 0 Å². The highest BCUT2D eigenvalue weighted by atomic mass is 16.5. The number of benzene rings is 1. The number of methoxy groups -OCH3 is 1. The van der Waals surface area contributed by atoms with Crippen LogP contribution < -0.4 is 10.6 Å². The Hall–Kier alpha value is -1.55. The van der Waals surface area contributed by atoms with Crippen LogP contribution in [0.3, 0.4) is 0 Å². The average Bonchev–Trinajstić information content (AvgIpc) is 2.87. The van der Waals surface area contributed by atoms with Gasteiger partial charge in [0.2, 0.25) is 0 Å². The molecule has 104 valence electrons. The molecule has 1 aliphatic heterocycles. The summed E-state index contributed by atoms with van der Waals surface area (Å²) in [6.07, 6.45) is 1.08. The molecule has 1 heterocycles. The van der Waals surface area contributed by atoms with E-state index in [1.165, 1.54) is 23.9 Å². The molecule has 0 aromatic heterocycles. The Labute approximate surface area is 114 Å². The van der Waals surface area contributed by atoms with E-state index in [2.05, 4.69) is 28.8 Å². The number of anilines is 1. The number of rotatable bonds is 5. The highest BCUT2D eigenvalue weighted by Crippen LogP contribution is 2.26. The summed E-state index contributed by atoms with van der Waals surface area (Å²) >= 11 is 0. The topological polar surface area (TPSA) is 50.4 Å². The first kappa shape index (κ1) is 13.9. The van der Waals surface area contributed by atoms with Gasteiger partial charge in [0, 0.05) is 18.8 Å². The standard InChI is InChI=1S/C15H22N2O2/c1-10(2)13(15(18)19-3)17-9-12-6-4-5-11-7-8-16-14(11)12/h4-6,10,13,16-17H,7-9H2,1-3H3. The maximum atomic E-state index is 11.7. The third-order valence-electron chi connectivity index (χ3n) is 3.57. The fourth-order valence-electron chi connectivity index (χ4n) is 2.50. The second kappa shape index (κ2) is 6.06. The lowest BCUT2D eigenvalue weighted by Crippen LogP contribution is -2.41. The van der Waals surface area contributed by atoms with E-state index in [1.807, 2.05) is 13.8 Å². The van der Waals surface area contributed by atoms with Crippen molar-refractivity contribution >= 4 is 11.7 Å². The molecule has 0 spiro atoms. The van der Waals surface area contributed by atoms with Crippen LogP contribution in [0.4, 0.5) is 5.69 Å². The third kappa shape index (κ3) is 3.07. The molecular formula is C15H22N2O2. The molecule has 2 rings (SSSR count). The Bertz CT molecular complexity index is 457. The predicted molar refractivity (Wildman–Crippen MR) is 76.1 cm³/mol. The number of hydrogen-bond donors (Lipinski definition) is 2. The van der Waals surface area contributed by atoms with Gasteiger partial charge in [-0.05, 0) is 23.5 Å². The van der Waals surface area contributed by atoms with Gasteiger partial charge < -0.3 is 10.1 Å². The molecule has 0 aliphatic carbocycles. The van der Waals surface area contributed by atoms with Gasteiger partial charge in [-0.25, -0.2) is 0 Å². The molecule has 0 fully saturated rings. The Morgan fingerprint density at radius 1 is 1.47 bits per heavy atom. The molecule has 2 N–H and O–H groups in total. The van der Waals surface area contributed by atoms with Crippen molar-refractivity contribution in [2.45, 2.75) is 32.9 Å². The molecule has 1 aromatic rings. The molecule has 1 aliphatic rings. The van der Waals surface area contributed by atoms with Gasteiger partial charge in [-0.1, -0.05) is 32.0 Å². The first-order chi connectivity index (χ1) is 9.13. The summed E-state index contributed by atoms with van der Waals surface area (Å²) in [6, 6.07) is 6.06. The van der Waals surface area contributed by atoms with E-state index in [1.54, 1.807) is 0 Å². The molecule has 1 aromatic carbocycles. The minimum absolute atomic E-state index is 0.199. The summed E-state index contributed by atoms with van der Waals surface area (Å²) in [7, 11) is 1.43. The van der Waals surface area contributed by atoms with E-state index in [4.69, 9.17) is 4.74 Å². The quantitative estimate of drug-likeness (QED) is 0.796. The van der Waals surface area contributed by atoms with Crippen LogP contribution in [0.5, 0.6) is 0 Å². The van der Waals surface area contributed by atoms with Gasteiger partial charge >= 0.3 is 5.97 Å². The predicted octanol–water partition coefficient (Wildman–Crippen LogP) is 1.94. The Morgan fingerprint density at radius 2 is 2.26 bits per heavy atom. The highest BCUT2D eigenvalue weighted by Gasteiger charge is 2.23. The van der Waals surface area contributed by atoms with Crippen molar-refractivity contribution in [2.24, 2.45) is 5.92 Å². The van der Waals surface area contributed by atoms with Crippen molar-refractivity contribution in [2.75, 3.05) is 19.0 Å². The maximum absolute atomic E-state index is 11.7. The molecule has 0 amide bonds. The molecular weight excluding hydrogens is 240 g/mol. The zero-order chi connectivity index (χ0) is 13.8. The Kier molecular flexibility index (Phi) is 4.43. The van der Waals surface area contributed by atoms with E-state index < -0.39 is 0 Å². The van der Waals surface area contributed by atoms with Crippen LogP contribution in [0.25, 0.3) is 0 Å². The van der Waals surface area contributed by atoms with E-state index in [0.717, 1.165) is 13.0 Å². The maximum Gasteiger partial charge on any atom is 0.323 e. The minimum Gasteiger partial charge on any atom is -0.468 e. The lowest BCUT2D eigenvalue weighted by Gasteiger charge is -2.20. The van der Waals surface area contributed by atoms with Crippen molar-refractivity contribution in [1.29, 1.82) is 0 Å². The monoisotopic (exact) mass is 262 g/mol. The highest BCUT2D eigenvalue weighted by molar-refractivity contribution is 5.76. The van der Waals surface area contributed by atoms with E-state index >= 15 is 0 Å². The van der Waals surface area contributed by atoms with Crippen molar-refractivity contribution < 1.29 is 9.53 Å². The number of fused-ring (bicyclic) bond motifs is 1. The number of ether oxygens (including phenoxy) is 1. The summed E-state index contributed by atoms with van der Waals surface area (Å²) < 4.78 is 4.84. The van der Waals surface area contributed by atoms with Crippen LogP contribution in [-0.4, -0.2) is 25.7 Å². The molecule has 1 atom stereocenters. The van der Waals surface area contributed by atoms with Gasteiger partial charge in [-0.2, -0.15) is 0 Å². The summed E-state index contributed by atoms with van der Waals surface area (Å²) in [5, 5.41) is 6.71. The van der Waals surface area contributed by atoms with Gasteiger partial charge in [0.1, 0.15) is 6.04 Å². The molecule has 1 unspecified atom stereocenters. The molecule has 4 nitrogen and oxygen atoms in total. The van der Waals surface area contributed by atoms with Gasteiger partial charge in [0.15, 0.2) is 0 Å². The average molecular weight is 262 g/mol. The van der Waals surface area contributed by atoms with E-state index in [-0.39, 0.29) is 17.9 Å². The number of nitrogens with one attached hydrogen (secondary N) is 2. The fourth-order valence-corrected chi connectivity index (χ4v) is 2.50. The van der Waals surface area contributed by atoms with E-state index in [9.17, 15) is 4.79 Å². The number of hydrogen-bond acceptors (Lipinski definition) is 4. The van der Waals surface area contributed by atoms with Gasteiger partial charge in [-0.3, -0.25) is 10.1 Å². The number of para-hydroxylation sites is 1. The van der Waals surface area contributed by atoms with Crippen molar-refractivity contribution in [3.63, 3.8) is 0 Å². The van der Waals surface area contributed by atoms with Crippen LogP contribution in [0, 0.1) is 5.92 Å². The normalized spacial score (nSPS) is 14.9. The molecule has 0 saturated heterocycles. The number of carbonyl (C=O) groups is 1. The lowest BCUT2D eigenvalue weighted by molar-refractivity contribution is -0.144. The molecule has 0 radical (unpaired) electrons.